The summed E-state index contributed by atoms with van der Waals surface area (Å²) in [6.07, 6.45) is -0.698. The van der Waals surface area contributed by atoms with Gasteiger partial charge in [-0.05, 0) is 0 Å². The summed E-state index contributed by atoms with van der Waals surface area (Å²) in [7, 11) is -6.13. The molecular weight excluding hydrogens is 320 g/mol. The molecule has 0 aliphatic carbocycles. The Morgan fingerprint density at radius 3 is 1.57 bits per heavy atom. The summed E-state index contributed by atoms with van der Waals surface area (Å²) < 4.78 is 58.7. The van der Waals surface area contributed by atoms with E-state index in [0.717, 1.165) is 0 Å². The summed E-state index contributed by atoms with van der Waals surface area (Å²) in [6.45, 7) is 1.01. The molecule has 0 aromatic heterocycles. The molecule has 2 bridgehead atoms. The largest absolute Gasteiger partial charge is 0.360 e. The van der Waals surface area contributed by atoms with E-state index in [9.17, 15) is 16.8 Å². The Morgan fingerprint density at radius 2 is 1.14 bits per heavy atom. The fourth-order valence-electron chi connectivity index (χ4n) is 3.69. The van der Waals surface area contributed by atoms with E-state index in [-0.39, 0.29) is 60.8 Å². The Kier molecular flexibility index (Phi) is 3.15. The van der Waals surface area contributed by atoms with Crippen LogP contribution < -0.4 is 0 Å². The average molecular weight is 338 g/mol. The Bertz CT molecular complexity index is 592. The van der Waals surface area contributed by atoms with Gasteiger partial charge >= 0.3 is 0 Å². The Balaban J connectivity index is 1.61. The predicted octanol–water partition coefficient (Wildman–Crippen LogP) is -2.15. The summed E-state index contributed by atoms with van der Waals surface area (Å²) >= 11 is 0. The van der Waals surface area contributed by atoms with Gasteiger partial charge in [0.2, 0.25) is 0 Å². The van der Waals surface area contributed by atoms with Crippen molar-refractivity contribution in [3.8, 4) is 0 Å². The molecule has 4 heterocycles. The Morgan fingerprint density at radius 1 is 0.714 bits per heavy atom. The first kappa shape index (κ1) is 14.3. The number of nitrogens with zero attached hydrogens (tertiary/aromatic N) is 2. The van der Waals surface area contributed by atoms with E-state index in [1.54, 1.807) is 0 Å². The minimum absolute atomic E-state index is 0.0361. The lowest BCUT2D eigenvalue weighted by Gasteiger charge is -2.28. The number of hydrogen-bond donors (Lipinski definition) is 0. The van der Waals surface area contributed by atoms with E-state index < -0.39 is 19.7 Å². The van der Waals surface area contributed by atoms with Gasteiger partial charge in [0.15, 0.2) is 19.7 Å². The van der Waals surface area contributed by atoms with Crippen molar-refractivity contribution in [2.75, 3.05) is 43.1 Å². The van der Waals surface area contributed by atoms with Crippen molar-refractivity contribution in [2.45, 2.75) is 24.3 Å². The molecule has 4 rings (SSSR count). The number of fused-ring (bicyclic) bond motifs is 6. The normalized spacial score (nSPS) is 50.7. The maximum atomic E-state index is 11.8. The molecule has 0 N–H and O–H groups in total. The molecule has 0 saturated carbocycles. The van der Waals surface area contributed by atoms with Gasteiger partial charge in [-0.15, -0.1) is 0 Å². The van der Waals surface area contributed by atoms with Crippen LogP contribution in [0.3, 0.4) is 0 Å². The highest BCUT2D eigenvalue weighted by molar-refractivity contribution is 7.92. The lowest BCUT2D eigenvalue weighted by atomic mass is 10.2. The molecule has 4 aliphatic heterocycles. The van der Waals surface area contributed by atoms with Crippen LogP contribution in [0.25, 0.3) is 0 Å². The van der Waals surface area contributed by atoms with Crippen LogP contribution in [0.1, 0.15) is 0 Å². The van der Waals surface area contributed by atoms with Crippen LogP contribution in [0.4, 0.5) is 0 Å². The average Bonchev–Trinajstić information content (AvgIpc) is 2.73. The van der Waals surface area contributed by atoms with Crippen molar-refractivity contribution >= 4 is 19.7 Å². The number of hydrogen-bond acceptors (Lipinski definition) is 8. The standard InChI is InChI=1S/C11H18N2O6S2/c14-20(15)1-8-10(3-20)18-7-13-5-12(8)6-19-11-4-21(16,17)2-9(11)13/h8-11H,1-7H2. The van der Waals surface area contributed by atoms with Gasteiger partial charge in [0.25, 0.3) is 0 Å². The van der Waals surface area contributed by atoms with Crippen molar-refractivity contribution in [3.05, 3.63) is 0 Å². The smallest absolute Gasteiger partial charge is 0.154 e. The van der Waals surface area contributed by atoms with E-state index in [1.807, 2.05) is 9.80 Å². The van der Waals surface area contributed by atoms with Gasteiger partial charge in [-0.2, -0.15) is 0 Å². The van der Waals surface area contributed by atoms with E-state index in [2.05, 4.69) is 0 Å². The zero-order valence-electron chi connectivity index (χ0n) is 11.4. The van der Waals surface area contributed by atoms with Crippen LogP contribution >= 0.6 is 0 Å². The molecule has 10 heteroatoms. The first-order chi connectivity index (χ1) is 9.83. The van der Waals surface area contributed by atoms with Crippen LogP contribution in [0.2, 0.25) is 0 Å². The van der Waals surface area contributed by atoms with Gasteiger partial charge in [0, 0.05) is 0 Å². The summed E-state index contributed by atoms with van der Waals surface area (Å²) in [4.78, 5) is 3.93. The third kappa shape index (κ3) is 2.51. The predicted molar refractivity (Wildman–Crippen MR) is 72.9 cm³/mol. The van der Waals surface area contributed by atoms with Gasteiger partial charge in [-0.3, -0.25) is 9.80 Å². The number of rotatable bonds is 0. The van der Waals surface area contributed by atoms with Crippen LogP contribution in [0.15, 0.2) is 0 Å². The van der Waals surface area contributed by atoms with E-state index in [4.69, 9.17) is 9.47 Å². The monoisotopic (exact) mass is 338 g/mol. The molecule has 0 spiro atoms. The molecule has 21 heavy (non-hydrogen) atoms. The Labute approximate surface area is 123 Å². The molecule has 0 aromatic rings. The van der Waals surface area contributed by atoms with Gasteiger partial charge in [0.1, 0.15) is 13.5 Å². The molecule has 8 nitrogen and oxygen atoms in total. The van der Waals surface area contributed by atoms with Gasteiger partial charge in [-0.1, -0.05) is 0 Å². The summed E-state index contributed by atoms with van der Waals surface area (Å²) in [5.74, 6) is 0.244. The van der Waals surface area contributed by atoms with Crippen molar-refractivity contribution in [3.63, 3.8) is 0 Å². The second kappa shape index (κ2) is 4.62. The fourth-order valence-corrected chi connectivity index (χ4v) is 7.49. The van der Waals surface area contributed by atoms with Crippen molar-refractivity contribution in [1.82, 2.24) is 9.80 Å². The highest BCUT2D eigenvalue weighted by Gasteiger charge is 2.50. The van der Waals surface area contributed by atoms with Gasteiger partial charge in [-0.25, -0.2) is 16.8 Å². The third-order valence-electron chi connectivity index (χ3n) is 4.75. The molecular formula is C11H18N2O6S2. The highest BCUT2D eigenvalue weighted by atomic mass is 32.2. The van der Waals surface area contributed by atoms with Gasteiger partial charge < -0.3 is 9.47 Å². The maximum absolute atomic E-state index is 11.8. The van der Waals surface area contributed by atoms with Gasteiger partial charge in [0.05, 0.1) is 54.0 Å². The lowest BCUT2D eigenvalue weighted by molar-refractivity contribution is -0.0598. The van der Waals surface area contributed by atoms with Crippen LogP contribution in [-0.2, 0) is 29.1 Å². The van der Waals surface area contributed by atoms with Crippen molar-refractivity contribution < 1.29 is 26.3 Å². The lowest BCUT2D eigenvalue weighted by Crippen LogP contribution is -2.46. The number of sulfone groups is 2. The molecule has 4 fully saturated rings. The summed E-state index contributed by atoms with van der Waals surface area (Å²) in [6, 6.07) is -0.397. The second-order valence-electron chi connectivity index (χ2n) is 6.28. The van der Waals surface area contributed by atoms with Crippen molar-refractivity contribution in [1.29, 1.82) is 0 Å². The van der Waals surface area contributed by atoms with Crippen molar-refractivity contribution in [2.24, 2.45) is 0 Å². The molecule has 6 atom stereocenters. The summed E-state index contributed by atoms with van der Waals surface area (Å²) in [5.41, 5.74) is 0. The van der Waals surface area contributed by atoms with E-state index in [1.165, 1.54) is 0 Å². The Hall–Kier alpha value is -0.260. The SMILES string of the molecule is O=S1(=O)CC2OCN3CN(COC4CS(=O)(=O)CC43)C2C1. The molecule has 6 unspecified atom stereocenters. The zero-order valence-corrected chi connectivity index (χ0v) is 13.1. The molecule has 4 aliphatic rings. The zero-order chi connectivity index (χ0) is 14.8. The van der Waals surface area contributed by atoms with Crippen LogP contribution in [0.5, 0.6) is 0 Å². The van der Waals surface area contributed by atoms with E-state index >= 15 is 0 Å². The van der Waals surface area contributed by atoms with Crippen LogP contribution in [-0.4, -0.2) is 94.1 Å². The molecule has 0 aromatic carbocycles. The molecule has 120 valence electrons. The first-order valence-electron chi connectivity index (χ1n) is 6.95. The van der Waals surface area contributed by atoms with Crippen LogP contribution in [0, 0.1) is 0 Å². The minimum Gasteiger partial charge on any atom is -0.360 e. The summed E-state index contributed by atoms with van der Waals surface area (Å²) in [5, 5.41) is 0. The molecule has 0 amide bonds. The first-order valence-corrected chi connectivity index (χ1v) is 10.6. The quantitative estimate of drug-likeness (QED) is 0.494. The maximum Gasteiger partial charge on any atom is 0.154 e. The molecule has 0 radical (unpaired) electrons. The highest BCUT2D eigenvalue weighted by Crippen LogP contribution is 2.31. The topological polar surface area (TPSA) is 93.2 Å². The second-order valence-corrected chi connectivity index (χ2v) is 10.6. The fraction of sp³-hybridized carbons (Fsp3) is 1.00. The third-order valence-corrected chi connectivity index (χ3v) is 8.13. The minimum atomic E-state index is -3.07. The van der Waals surface area contributed by atoms with E-state index in [0.29, 0.717) is 6.67 Å². The molecule has 4 saturated heterocycles. The number of ether oxygens (including phenoxy) is 2.